The maximum absolute atomic E-state index is 14.4. The highest BCUT2D eigenvalue weighted by molar-refractivity contribution is 5.84. The van der Waals surface area contributed by atoms with E-state index >= 15 is 0 Å². The smallest absolute Gasteiger partial charge is 0.342 e. The quantitative estimate of drug-likeness (QED) is 0.331. The van der Waals surface area contributed by atoms with Gasteiger partial charge in [-0.25, -0.2) is 8.78 Å². The standard InChI is InChI=1S/C25H32F5N3O/c1-15(13-20(32-31-5)21-18(26)7-6-8-19(21)27)17-9-11-24(4,23(17,2)3)22(34)33-12-10-16(14-33)25(28,29)30/h6-8,13,15-17H,9-12,14H2,1-5H3/b20-13-,32-31?/t15?,16?,17-,24-/m1/s1. The maximum Gasteiger partial charge on any atom is 0.393 e. The fourth-order valence-corrected chi connectivity index (χ4v) is 5.78. The number of carbonyl (C=O) groups is 1. The van der Waals surface area contributed by atoms with Crippen molar-refractivity contribution in [2.24, 2.45) is 38.8 Å². The first-order chi connectivity index (χ1) is 15.7. The summed E-state index contributed by atoms with van der Waals surface area (Å²) in [7, 11) is 1.41. The lowest BCUT2D eigenvalue weighted by Crippen LogP contribution is -2.49. The Labute approximate surface area is 197 Å². The van der Waals surface area contributed by atoms with Crippen LogP contribution in [-0.4, -0.2) is 37.1 Å². The Morgan fingerprint density at radius 2 is 1.79 bits per heavy atom. The first-order valence-corrected chi connectivity index (χ1v) is 11.6. The van der Waals surface area contributed by atoms with E-state index in [1.165, 1.54) is 18.0 Å². The van der Waals surface area contributed by atoms with E-state index in [-0.39, 0.29) is 48.5 Å². The third-order valence-corrected chi connectivity index (χ3v) is 8.20. The molecule has 1 amide bonds. The van der Waals surface area contributed by atoms with Crippen LogP contribution in [0.1, 0.15) is 52.5 Å². The van der Waals surface area contributed by atoms with Crippen LogP contribution in [0.5, 0.6) is 0 Å². The lowest BCUT2D eigenvalue weighted by atomic mass is 9.62. The lowest BCUT2D eigenvalue weighted by Gasteiger charge is -2.44. The summed E-state index contributed by atoms with van der Waals surface area (Å²) in [5, 5.41) is 7.68. The summed E-state index contributed by atoms with van der Waals surface area (Å²) in [5.74, 6) is -3.50. The molecule has 3 rings (SSSR count). The molecule has 0 N–H and O–H groups in total. The Morgan fingerprint density at radius 3 is 2.32 bits per heavy atom. The monoisotopic (exact) mass is 485 g/mol. The Balaban J connectivity index is 1.87. The van der Waals surface area contributed by atoms with Crippen LogP contribution >= 0.6 is 0 Å². The van der Waals surface area contributed by atoms with Crippen molar-refractivity contribution in [2.45, 2.75) is 53.1 Å². The SMILES string of the molecule is CN=N/C(=C\C(C)[C@H]1CC[C@](C)(C(=O)N2CCC(C(F)(F)F)C2)C1(C)C)c1c(F)cccc1F. The molecule has 1 aliphatic heterocycles. The summed E-state index contributed by atoms with van der Waals surface area (Å²) in [6.45, 7) is 7.44. The second kappa shape index (κ2) is 9.38. The van der Waals surface area contributed by atoms with Gasteiger partial charge in [-0.1, -0.05) is 39.8 Å². The van der Waals surface area contributed by atoms with Gasteiger partial charge in [0.2, 0.25) is 5.91 Å². The van der Waals surface area contributed by atoms with Gasteiger partial charge in [-0.05, 0) is 48.6 Å². The zero-order chi connectivity index (χ0) is 25.5. The van der Waals surface area contributed by atoms with Gasteiger partial charge in [-0.3, -0.25) is 4.79 Å². The molecule has 2 fully saturated rings. The second-order valence-corrected chi connectivity index (χ2v) is 10.3. The van der Waals surface area contributed by atoms with E-state index in [9.17, 15) is 26.7 Å². The van der Waals surface area contributed by atoms with Crippen LogP contribution in [0.15, 0.2) is 34.5 Å². The highest BCUT2D eigenvalue weighted by Crippen LogP contribution is 2.59. The molecule has 34 heavy (non-hydrogen) atoms. The Hall–Kier alpha value is -2.32. The number of carbonyl (C=O) groups excluding carboxylic acids is 1. The number of alkyl halides is 3. The topological polar surface area (TPSA) is 45.0 Å². The summed E-state index contributed by atoms with van der Waals surface area (Å²) < 4.78 is 68.3. The van der Waals surface area contributed by atoms with E-state index in [0.29, 0.717) is 12.8 Å². The third-order valence-electron chi connectivity index (χ3n) is 8.20. The predicted molar refractivity (Wildman–Crippen MR) is 120 cm³/mol. The summed E-state index contributed by atoms with van der Waals surface area (Å²) >= 11 is 0. The minimum absolute atomic E-state index is 0.0562. The third kappa shape index (κ3) is 4.62. The Kier molecular flexibility index (Phi) is 7.25. The number of benzene rings is 1. The molecule has 0 bridgehead atoms. The number of azo groups is 1. The predicted octanol–water partition coefficient (Wildman–Crippen LogP) is 6.88. The number of halogens is 5. The zero-order valence-electron chi connectivity index (χ0n) is 20.2. The van der Waals surface area contributed by atoms with Gasteiger partial charge in [-0.2, -0.15) is 23.4 Å². The number of nitrogens with zero attached hydrogens (tertiary/aromatic N) is 3. The number of allylic oxidation sites excluding steroid dienone is 1. The first-order valence-electron chi connectivity index (χ1n) is 11.6. The molecule has 1 aliphatic carbocycles. The van der Waals surface area contributed by atoms with Crippen molar-refractivity contribution in [3.8, 4) is 0 Å². The molecule has 4 atom stereocenters. The Bertz CT molecular complexity index is 967. The number of rotatable bonds is 5. The van der Waals surface area contributed by atoms with Crippen LogP contribution in [0.2, 0.25) is 0 Å². The van der Waals surface area contributed by atoms with Crippen LogP contribution in [0, 0.1) is 40.2 Å². The summed E-state index contributed by atoms with van der Waals surface area (Å²) in [4.78, 5) is 14.8. The number of amides is 1. The molecule has 4 nitrogen and oxygen atoms in total. The summed E-state index contributed by atoms with van der Waals surface area (Å²) in [5.41, 5.74) is -1.60. The van der Waals surface area contributed by atoms with Crippen molar-refractivity contribution in [3.05, 3.63) is 41.5 Å². The van der Waals surface area contributed by atoms with Crippen LogP contribution in [0.4, 0.5) is 22.0 Å². The highest BCUT2D eigenvalue weighted by Gasteiger charge is 2.58. The van der Waals surface area contributed by atoms with Gasteiger partial charge in [0.1, 0.15) is 11.6 Å². The molecule has 9 heteroatoms. The molecule has 1 aromatic rings. The average Bonchev–Trinajstić information content (AvgIpc) is 3.31. The normalized spacial score (nSPS) is 28.6. The molecule has 2 unspecified atom stereocenters. The van der Waals surface area contributed by atoms with Crippen LogP contribution in [0.25, 0.3) is 5.70 Å². The van der Waals surface area contributed by atoms with Crippen molar-refractivity contribution in [2.75, 3.05) is 20.1 Å². The molecule has 1 aromatic carbocycles. The molecular formula is C25H32F5N3O. The average molecular weight is 486 g/mol. The van der Waals surface area contributed by atoms with Gasteiger partial charge in [0.15, 0.2) is 0 Å². The molecule has 188 valence electrons. The van der Waals surface area contributed by atoms with Gasteiger partial charge < -0.3 is 4.90 Å². The van der Waals surface area contributed by atoms with Crippen molar-refractivity contribution in [3.63, 3.8) is 0 Å². The lowest BCUT2D eigenvalue weighted by molar-refractivity contribution is -0.172. The molecule has 0 spiro atoms. The van der Waals surface area contributed by atoms with E-state index in [4.69, 9.17) is 0 Å². The molecule has 0 radical (unpaired) electrons. The van der Waals surface area contributed by atoms with Crippen molar-refractivity contribution >= 4 is 11.6 Å². The van der Waals surface area contributed by atoms with Gasteiger partial charge in [0.05, 0.1) is 22.6 Å². The minimum atomic E-state index is -4.31. The van der Waals surface area contributed by atoms with Crippen molar-refractivity contribution in [1.29, 1.82) is 0 Å². The number of hydrogen-bond donors (Lipinski definition) is 0. The van der Waals surface area contributed by atoms with Gasteiger partial charge in [0.25, 0.3) is 0 Å². The Morgan fingerprint density at radius 1 is 1.18 bits per heavy atom. The number of likely N-dealkylation sites (tertiary alicyclic amines) is 1. The second-order valence-electron chi connectivity index (χ2n) is 10.3. The minimum Gasteiger partial charge on any atom is -0.342 e. The van der Waals surface area contributed by atoms with Crippen molar-refractivity contribution < 1.29 is 26.7 Å². The fourth-order valence-electron chi connectivity index (χ4n) is 5.78. The molecule has 0 aromatic heterocycles. The van der Waals surface area contributed by atoms with Crippen LogP contribution < -0.4 is 0 Å². The number of hydrogen-bond acceptors (Lipinski definition) is 3. The van der Waals surface area contributed by atoms with Crippen LogP contribution in [0.3, 0.4) is 0 Å². The van der Waals surface area contributed by atoms with E-state index < -0.39 is 34.6 Å². The first kappa shape index (κ1) is 26.3. The molecule has 1 heterocycles. The molecule has 1 saturated heterocycles. The summed E-state index contributed by atoms with van der Waals surface area (Å²) in [6.07, 6.45) is -1.54. The van der Waals surface area contributed by atoms with Gasteiger partial charge in [-0.15, -0.1) is 0 Å². The molecular weight excluding hydrogens is 453 g/mol. The fraction of sp³-hybridized carbons (Fsp3) is 0.640. The van der Waals surface area contributed by atoms with Gasteiger partial charge in [0, 0.05) is 20.1 Å². The summed E-state index contributed by atoms with van der Waals surface area (Å²) in [6, 6.07) is 3.58. The van der Waals surface area contributed by atoms with Gasteiger partial charge >= 0.3 is 6.18 Å². The van der Waals surface area contributed by atoms with E-state index in [1.807, 2.05) is 27.7 Å². The van der Waals surface area contributed by atoms with Crippen molar-refractivity contribution in [1.82, 2.24) is 4.90 Å². The van der Waals surface area contributed by atoms with E-state index in [1.54, 1.807) is 6.08 Å². The highest BCUT2D eigenvalue weighted by atomic mass is 19.4. The zero-order valence-corrected chi connectivity index (χ0v) is 20.2. The van der Waals surface area contributed by atoms with Crippen LogP contribution in [-0.2, 0) is 4.79 Å². The maximum atomic E-state index is 14.4. The van der Waals surface area contributed by atoms with E-state index in [0.717, 1.165) is 12.1 Å². The molecule has 1 saturated carbocycles. The largest absolute Gasteiger partial charge is 0.393 e. The van der Waals surface area contributed by atoms with E-state index in [2.05, 4.69) is 10.2 Å². The molecule has 2 aliphatic rings.